The van der Waals surface area contributed by atoms with Crippen molar-refractivity contribution in [2.45, 2.75) is 44.4 Å². The van der Waals surface area contributed by atoms with E-state index in [-0.39, 0.29) is 12.2 Å². The number of nitrogens with one attached hydrogen (secondary N) is 1. The molecule has 1 aromatic rings. The smallest absolute Gasteiger partial charge is 0.128 e. The van der Waals surface area contributed by atoms with Gasteiger partial charge in [0.1, 0.15) is 18.0 Å². The summed E-state index contributed by atoms with van der Waals surface area (Å²) in [6.07, 6.45) is 3.48. The molecule has 0 amide bonds. The first-order valence-electron chi connectivity index (χ1n) is 7.81. The average molecular weight is 293 g/mol. The van der Waals surface area contributed by atoms with Gasteiger partial charge in [0.2, 0.25) is 0 Å². The van der Waals surface area contributed by atoms with Gasteiger partial charge in [0.15, 0.2) is 0 Å². The van der Waals surface area contributed by atoms with Crippen molar-refractivity contribution in [3.05, 3.63) is 29.8 Å². The van der Waals surface area contributed by atoms with Gasteiger partial charge in [-0.1, -0.05) is 25.5 Å². The van der Waals surface area contributed by atoms with Crippen LogP contribution in [0.5, 0.6) is 5.75 Å². The Morgan fingerprint density at radius 2 is 1.95 bits per heavy atom. The monoisotopic (exact) mass is 293 g/mol. The van der Waals surface area contributed by atoms with Gasteiger partial charge in [0.25, 0.3) is 0 Å². The van der Waals surface area contributed by atoms with Gasteiger partial charge in [0, 0.05) is 19.6 Å². The highest BCUT2D eigenvalue weighted by atomic mass is 16.6. The number of ether oxygens (including phenoxy) is 3. The molecule has 4 nitrogen and oxygen atoms in total. The summed E-state index contributed by atoms with van der Waals surface area (Å²) < 4.78 is 16.9. The van der Waals surface area contributed by atoms with Crippen LogP contribution >= 0.6 is 0 Å². The summed E-state index contributed by atoms with van der Waals surface area (Å²) in [5.41, 5.74) is 1.36. The van der Waals surface area contributed by atoms with E-state index in [4.69, 9.17) is 14.2 Å². The van der Waals surface area contributed by atoms with Crippen LogP contribution in [0.25, 0.3) is 0 Å². The largest absolute Gasteiger partial charge is 0.488 e. The number of methoxy groups -OCH3 is 1. The second-order valence-corrected chi connectivity index (χ2v) is 5.51. The Morgan fingerprint density at radius 3 is 2.57 bits per heavy atom. The molecule has 21 heavy (non-hydrogen) atoms. The second kappa shape index (κ2) is 8.37. The molecule has 0 radical (unpaired) electrons. The van der Waals surface area contributed by atoms with Gasteiger partial charge < -0.3 is 19.5 Å². The van der Waals surface area contributed by atoms with Crippen LogP contribution in [0.1, 0.15) is 25.3 Å². The highest BCUT2D eigenvalue weighted by molar-refractivity contribution is 5.28. The lowest BCUT2D eigenvalue weighted by molar-refractivity contribution is -0.114. The third-order valence-corrected chi connectivity index (χ3v) is 3.97. The van der Waals surface area contributed by atoms with Gasteiger partial charge in [-0.15, -0.1) is 0 Å². The Balaban J connectivity index is 1.85. The molecule has 1 N–H and O–H groups in total. The highest BCUT2D eigenvalue weighted by Crippen LogP contribution is 2.29. The van der Waals surface area contributed by atoms with Crippen LogP contribution in [0.3, 0.4) is 0 Å². The van der Waals surface area contributed by atoms with E-state index < -0.39 is 0 Å². The first-order chi connectivity index (χ1) is 10.3. The van der Waals surface area contributed by atoms with E-state index in [1.165, 1.54) is 12.0 Å². The normalized spacial score (nSPS) is 24.6. The predicted octanol–water partition coefficient (Wildman–Crippen LogP) is 2.41. The molecule has 1 fully saturated rings. The first kappa shape index (κ1) is 16.3. The Hall–Kier alpha value is -1.10. The molecule has 3 unspecified atom stereocenters. The van der Waals surface area contributed by atoms with E-state index in [0.29, 0.717) is 19.3 Å². The zero-order chi connectivity index (χ0) is 15.1. The summed E-state index contributed by atoms with van der Waals surface area (Å²) in [4.78, 5) is 0. The van der Waals surface area contributed by atoms with Crippen molar-refractivity contribution in [3.8, 4) is 5.75 Å². The summed E-state index contributed by atoms with van der Waals surface area (Å²) in [7, 11) is 3.65. The molecule has 0 aliphatic heterocycles. The van der Waals surface area contributed by atoms with Crippen molar-refractivity contribution in [2.24, 2.45) is 0 Å². The van der Waals surface area contributed by atoms with E-state index in [1.54, 1.807) is 7.11 Å². The number of rotatable bonds is 9. The van der Waals surface area contributed by atoms with Crippen molar-refractivity contribution in [1.29, 1.82) is 0 Å². The average Bonchev–Trinajstić information content (AvgIpc) is 2.49. The molecule has 4 heteroatoms. The Bertz CT molecular complexity index is 407. The summed E-state index contributed by atoms with van der Waals surface area (Å²) >= 11 is 0. The molecule has 1 aromatic carbocycles. The SMILES string of the molecule is CCCc1ccc(OC2CC(NC)C2OCCOC)cc1. The molecule has 0 bridgehead atoms. The molecule has 1 aliphatic rings. The quantitative estimate of drug-likeness (QED) is 0.710. The summed E-state index contributed by atoms with van der Waals surface area (Å²) in [5.74, 6) is 0.926. The van der Waals surface area contributed by atoms with E-state index in [0.717, 1.165) is 18.6 Å². The maximum atomic E-state index is 6.05. The number of aryl methyl sites for hydroxylation is 1. The molecule has 0 heterocycles. The van der Waals surface area contributed by atoms with Gasteiger partial charge in [-0.05, 0) is 31.2 Å². The van der Waals surface area contributed by atoms with Crippen molar-refractivity contribution in [2.75, 3.05) is 27.4 Å². The fourth-order valence-electron chi connectivity index (χ4n) is 2.67. The van der Waals surface area contributed by atoms with E-state index in [1.807, 2.05) is 7.05 Å². The number of hydrogen-bond acceptors (Lipinski definition) is 4. The fourth-order valence-corrected chi connectivity index (χ4v) is 2.67. The predicted molar refractivity (Wildman–Crippen MR) is 83.9 cm³/mol. The molecule has 118 valence electrons. The van der Waals surface area contributed by atoms with Gasteiger partial charge in [0.05, 0.1) is 13.2 Å². The van der Waals surface area contributed by atoms with Crippen LogP contribution in [0.2, 0.25) is 0 Å². The van der Waals surface area contributed by atoms with Crippen molar-refractivity contribution in [1.82, 2.24) is 5.32 Å². The van der Waals surface area contributed by atoms with Gasteiger partial charge in [-0.3, -0.25) is 0 Å². The molecule has 0 saturated heterocycles. The Kier molecular flexibility index (Phi) is 6.49. The lowest BCUT2D eigenvalue weighted by atomic mass is 9.85. The van der Waals surface area contributed by atoms with Gasteiger partial charge >= 0.3 is 0 Å². The number of hydrogen-bond donors (Lipinski definition) is 1. The molecular weight excluding hydrogens is 266 g/mol. The van der Waals surface area contributed by atoms with Gasteiger partial charge in [-0.25, -0.2) is 0 Å². The van der Waals surface area contributed by atoms with E-state index >= 15 is 0 Å². The number of benzene rings is 1. The minimum atomic E-state index is 0.0977. The highest BCUT2D eigenvalue weighted by Gasteiger charge is 2.43. The third kappa shape index (κ3) is 4.43. The van der Waals surface area contributed by atoms with Crippen LogP contribution in [-0.2, 0) is 15.9 Å². The second-order valence-electron chi connectivity index (χ2n) is 5.51. The molecule has 2 rings (SSSR count). The molecule has 0 aromatic heterocycles. The maximum Gasteiger partial charge on any atom is 0.128 e. The number of likely N-dealkylation sites (N-methyl/N-ethyl adjacent to an activating group) is 1. The fraction of sp³-hybridized carbons (Fsp3) is 0.647. The zero-order valence-corrected chi connectivity index (χ0v) is 13.3. The molecule has 1 aliphatic carbocycles. The van der Waals surface area contributed by atoms with Crippen molar-refractivity contribution in [3.63, 3.8) is 0 Å². The van der Waals surface area contributed by atoms with Gasteiger partial charge in [-0.2, -0.15) is 0 Å². The van der Waals surface area contributed by atoms with Crippen LogP contribution in [0, 0.1) is 0 Å². The minimum Gasteiger partial charge on any atom is -0.488 e. The first-order valence-corrected chi connectivity index (χ1v) is 7.81. The van der Waals surface area contributed by atoms with Crippen molar-refractivity contribution < 1.29 is 14.2 Å². The van der Waals surface area contributed by atoms with E-state index in [9.17, 15) is 0 Å². The van der Waals surface area contributed by atoms with Crippen LogP contribution in [-0.4, -0.2) is 45.6 Å². The van der Waals surface area contributed by atoms with Crippen LogP contribution < -0.4 is 10.1 Å². The molecule has 3 atom stereocenters. The molecule has 0 spiro atoms. The molecule has 1 saturated carbocycles. The molecular formula is C17H27NO3. The zero-order valence-electron chi connectivity index (χ0n) is 13.3. The lowest BCUT2D eigenvalue weighted by Gasteiger charge is -2.43. The third-order valence-electron chi connectivity index (χ3n) is 3.97. The summed E-state index contributed by atoms with van der Waals surface area (Å²) in [5, 5.41) is 3.27. The Morgan fingerprint density at radius 1 is 1.19 bits per heavy atom. The standard InChI is InChI=1S/C17H27NO3/c1-4-5-13-6-8-14(9-7-13)21-16-12-15(18-2)17(16)20-11-10-19-3/h6-9,15-18H,4-5,10-12H2,1-3H3. The Labute approximate surface area is 127 Å². The lowest BCUT2D eigenvalue weighted by Crippen LogP contribution is -2.60. The van der Waals surface area contributed by atoms with Crippen molar-refractivity contribution >= 4 is 0 Å². The summed E-state index contributed by atoms with van der Waals surface area (Å²) in [6.45, 7) is 3.42. The topological polar surface area (TPSA) is 39.7 Å². The van der Waals surface area contributed by atoms with Crippen LogP contribution in [0.4, 0.5) is 0 Å². The van der Waals surface area contributed by atoms with E-state index in [2.05, 4.69) is 36.5 Å². The maximum absolute atomic E-state index is 6.05. The minimum absolute atomic E-state index is 0.0977. The van der Waals surface area contributed by atoms with Crippen LogP contribution in [0.15, 0.2) is 24.3 Å². The summed E-state index contributed by atoms with van der Waals surface area (Å²) in [6, 6.07) is 8.78.